The van der Waals surface area contributed by atoms with Crippen LogP contribution in [0.1, 0.15) is 24.1 Å². The Morgan fingerprint density at radius 1 is 1.50 bits per heavy atom. The van der Waals surface area contributed by atoms with Gasteiger partial charge in [-0.2, -0.15) is 0 Å². The van der Waals surface area contributed by atoms with Gasteiger partial charge in [0, 0.05) is 16.6 Å². The molecule has 2 rings (SSSR count). The van der Waals surface area contributed by atoms with Crippen molar-refractivity contribution < 1.29 is 4.74 Å². The highest BCUT2D eigenvalue weighted by molar-refractivity contribution is 6.31. The molecule has 2 nitrogen and oxygen atoms in total. The minimum Gasteiger partial charge on any atom is -0.496 e. The van der Waals surface area contributed by atoms with Crippen LogP contribution in [0.5, 0.6) is 5.75 Å². The van der Waals surface area contributed by atoms with Gasteiger partial charge in [0.15, 0.2) is 0 Å². The quantitative estimate of drug-likeness (QED) is 0.771. The van der Waals surface area contributed by atoms with E-state index in [0.717, 1.165) is 23.7 Å². The Kier molecular flexibility index (Phi) is 2.66. The number of hydrogen-bond donors (Lipinski definition) is 1. The molecule has 0 spiro atoms. The van der Waals surface area contributed by atoms with Crippen molar-refractivity contribution in [2.75, 3.05) is 13.7 Å². The van der Waals surface area contributed by atoms with Crippen molar-refractivity contribution in [1.29, 1.82) is 0 Å². The second kappa shape index (κ2) is 3.79. The van der Waals surface area contributed by atoms with Gasteiger partial charge in [0.1, 0.15) is 5.75 Å². The smallest absolute Gasteiger partial charge is 0.124 e. The number of rotatable bonds is 1. The Labute approximate surface area is 89.2 Å². The summed E-state index contributed by atoms with van der Waals surface area (Å²) in [4.78, 5) is 0. The number of fused-ring (bicyclic) bond motifs is 1. The summed E-state index contributed by atoms with van der Waals surface area (Å²) in [5.74, 6) is 0.934. The summed E-state index contributed by atoms with van der Waals surface area (Å²) in [5, 5.41) is 4.26. The summed E-state index contributed by atoms with van der Waals surface area (Å²) in [6.07, 6.45) is 0.982. The van der Waals surface area contributed by atoms with E-state index in [1.165, 1.54) is 11.1 Å². The number of benzene rings is 1. The summed E-state index contributed by atoms with van der Waals surface area (Å²) in [5.41, 5.74) is 2.45. The Hall–Kier alpha value is -0.730. The van der Waals surface area contributed by atoms with Gasteiger partial charge in [0.2, 0.25) is 0 Å². The average molecular weight is 212 g/mol. The van der Waals surface area contributed by atoms with Gasteiger partial charge in [-0.25, -0.2) is 0 Å². The van der Waals surface area contributed by atoms with Crippen LogP contribution < -0.4 is 10.1 Å². The summed E-state index contributed by atoms with van der Waals surface area (Å²) < 4.78 is 5.34. The first-order valence-electron chi connectivity index (χ1n) is 4.82. The molecule has 0 amide bonds. The molecule has 76 valence electrons. The molecule has 0 fully saturated rings. The van der Waals surface area contributed by atoms with Crippen LogP contribution in [0, 0.1) is 0 Å². The van der Waals surface area contributed by atoms with E-state index in [9.17, 15) is 0 Å². The fraction of sp³-hybridized carbons (Fsp3) is 0.455. The van der Waals surface area contributed by atoms with Crippen LogP contribution in [0.4, 0.5) is 0 Å². The fourth-order valence-corrected chi connectivity index (χ4v) is 2.30. The highest BCUT2D eigenvalue weighted by Crippen LogP contribution is 2.35. The van der Waals surface area contributed by atoms with Crippen molar-refractivity contribution in [2.24, 2.45) is 0 Å². The minimum atomic E-state index is 0.326. The SMILES string of the molecule is COc1ccc(Cl)c2c1C(C)NCC2. The van der Waals surface area contributed by atoms with Gasteiger partial charge in [-0.05, 0) is 37.6 Å². The lowest BCUT2D eigenvalue weighted by molar-refractivity contribution is 0.396. The van der Waals surface area contributed by atoms with Gasteiger partial charge in [-0.1, -0.05) is 11.6 Å². The van der Waals surface area contributed by atoms with Gasteiger partial charge >= 0.3 is 0 Å². The lowest BCUT2D eigenvalue weighted by Crippen LogP contribution is -2.28. The van der Waals surface area contributed by atoms with E-state index in [0.29, 0.717) is 6.04 Å². The predicted octanol–water partition coefficient (Wildman–Crippen LogP) is 2.56. The van der Waals surface area contributed by atoms with Crippen molar-refractivity contribution in [3.63, 3.8) is 0 Å². The van der Waals surface area contributed by atoms with Crippen LogP contribution in [0.15, 0.2) is 12.1 Å². The first-order chi connectivity index (χ1) is 6.74. The maximum absolute atomic E-state index is 6.15. The zero-order valence-corrected chi connectivity index (χ0v) is 9.19. The topological polar surface area (TPSA) is 21.3 Å². The number of ether oxygens (including phenoxy) is 1. The zero-order chi connectivity index (χ0) is 10.1. The largest absolute Gasteiger partial charge is 0.496 e. The highest BCUT2D eigenvalue weighted by atomic mass is 35.5. The van der Waals surface area contributed by atoms with E-state index in [-0.39, 0.29) is 0 Å². The Morgan fingerprint density at radius 3 is 3.00 bits per heavy atom. The molecule has 1 unspecified atom stereocenters. The number of hydrogen-bond acceptors (Lipinski definition) is 2. The fourth-order valence-electron chi connectivity index (χ4n) is 2.04. The first-order valence-corrected chi connectivity index (χ1v) is 5.20. The molecule has 1 aromatic rings. The molecule has 0 aliphatic carbocycles. The molecule has 1 aliphatic rings. The Bertz CT molecular complexity index is 351. The maximum Gasteiger partial charge on any atom is 0.124 e. The zero-order valence-electron chi connectivity index (χ0n) is 8.43. The predicted molar refractivity (Wildman–Crippen MR) is 58.1 cm³/mol. The van der Waals surface area contributed by atoms with Crippen molar-refractivity contribution in [1.82, 2.24) is 5.32 Å². The van der Waals surface area contributed by atoms with Crippen molar-refractivity contribution >= 4 is 11.6 Å². The lowest BCUT2D eigenvalue weighted by atomic mass is 9.94. The van der Waals surface area contributed by atoms with Gasteiger partial charge < -0.3 is 10.1 Å². The molecule has 1 atom stereocenters. The van der Waals surface area contributed by atoms with Crippen LogP contribution in [0.25, 0.3) is 0 Å². The van der Waals surface area contributed by atoms with Crippen LogP contribution in [0.2, 0.25) is 5.02 Å². The third-order valence-corrected chi connectivity index (χ3v) is 3.09. The van der Waals surface area contributed by atoms with E-state index in [1.807, 2.05) is 12.1 Å². The van der Waals surface area contributed by atoms with E-state index >= 15 is 0 Å². The van der Waals surface area contributed by atoms with Crippen LogP contribution in [0.3, 0.4) is 0 Å². The van der Waals surface area contributed by atoms with Crippen LogP contribution in [-0.2, 0) is 6.42 Å². The van der Waals surface area contributed by atoms with Crippen molar-refractivity contribution in [2.45, 2.75) is 19.4 Å². The normalized spacial score (nSPS) is 20.4. The molecule has 1 aromatic carbocycles. The van der Waals surface area contributed by atoms with Gasteiger partial charge in [-0.15, -0.1) is 0 Å². The second-order valence-electron chi connectivity index (χ2n) is 3.57. The lowest BCUT2D eigenvalue weighted by Gasteiger charge is -2.26. The van der Waals surface area contributed by atoms with Crippen LogP contribution >= 0.6 is 11.6 Å². The van der Waals surface area contributed by atoms with Gasteiger partial charge in [-0.3, -0.25) is 0 Å². The van der Waals surface area contributed by atoms with Gasteiger partial charge in [0.05, 0.1) is 7.11 Å². The molecule has 0 saturated heterocycles. The highest BCUT2D eigenvalue weighted by Gasteiger charge is 2.21. The number of methoxy groups -OCH3 is 1. The molecule has 1 N–H and O–H groups in total. The summed E-state index contributed by atoms with van der Waals surface area (Å²) >= 11 is 6.15. The Morgan fingerprint density at radius 2 is 2.29 bits per heavy atom. The van der Waals surface area contributed by atoms with Gasteiger partial charge in [0.25, 0.3) is 0 Å². The first kappa shape index (κ1) is 9.81. The van der Waals surface area contributed by atoms with E-state index in [1.54, 1.807) is 7.11 Å². The molecule has 1 heterocycles. The van der Waals surface area contributed by atoms with E-state index in [4.69, 9.17) is 16.3 Å². The van der Waals surface area contributed by atoms with E-state index in [2.05, 4.69) is 12.2 Å². The summed E-state index contributed by atoms with van der Waals surface area (Å²) in [6.45, 7) is 3.12. The van der Waals surface area contributed by atoms with Crippen LogP contribution in [-0.4, -0.2) is 13.7 Å². The number of nitrogens with one attached hydrogen (secondary N) is 1. The monoisotopic (exact) mass is 211 g/mol. The Balaban J connectivity index is 2.58. The third-order valence-electron chi connectivity index (χ3n) is 2.74. The molecule has 3 heteroatoms. The minimum absolute atomic E-state index is 0.326. The van der Waals surface area contributed by atoms with Crippen molar-refractivity contribution in [3.05, 3.63) is 28.3 Å². The standard InChI is InChI=1S/C11H14ClNO/c1-7-11-8(5-6-13-7)9(12)3-4-10(11)14-2/h3-4,7,13H,5-6H2,1-2H3. The number of halogens is 1. The molecular weight excluding hydrogens is 198 g/mol. The molecule has 0 aromatic heterocycles. The third kappa shape index (κ3) is 1.49. The molecule has 0 saturated carbocycles. The summed E-state index contributed by atoms with van der Waals surface area (Å²) in [7, 11) is 1.70. The summed E-state index contributed by atoms with van der Waals surface area (Å²) in [6, 6.07) is 4.18. The second-order valence-corrected chi connectivity index (χ2v) is 3.97. The van der Waals surface area contributed by atoms with Crippen molar-refractivity contribution in [3.8, 4) is 5.75 Å². The van der Waals surface area contributed by atoms with E-state index < -0.39 is 0 Å². The molecule has 1 aliphatic heterocycles. The average Bonchev–Trinajstić information content (AvgIpc) is 2.20. The molecular formula is C11H14ClNO. The molecule has 0 radical (unpaired) electrons. The molecule has 0 bridgehead atoms. The molecule has 14 heavy (non-hydrogen) atoms. The maximum atomic E-state index is 6.15.